The van der Waals surface area contributed by atoms with Gasteiger partial charge in [0.05, 0.1) is 5.75 Å². The second-order valence-electron chi connectivity index (χ2n) is 6.12. The van der Waals surface area contributed by atoms with Gasteiger partial charge in [0, 0.05) is 39.1 Å². The number of likely N-dealkylation sites (N-methyl/N-ethyl adjacent to an activating group) is 1. The van der Waals surface area contributed by atoms with E-state index in [4.69, 9.17) is 0 Å². The lowest BCUT2D eigenvalue weighted by atomic mass is 10.2. The number of amides is 1. The molecule has 1 aromatic rings. The van der Waals surface area contributed by atoms with E-state index >= 15 is 0 Å². The molecule has 0 aliphatic carbocycles. The van der Waals surface area contributed by atoms with Crippen molar-refractivity contribution < 1.29 is 17.6 Å². The monoisotopic (exact) mass is 371 g/mol. The van der Waals surface area contributed by atoms with E-state index < -0.39 is 15.8 Å². The van der Waals surface area contributed by atoms with Gasteiger partial charge in [-0.05, 0) is 24.6 Å². The first-order valence-corrected chi connectivity index (χ1v) is 10.3. The molecule has 140 valence electrons. The lowest BCUT2D eigenvalue weighted by molar-refractivity contribution is -0.132. The van der Waals surface area contributed by atoms with Crippen LogP contribution in [0, 0.1) is 5.82 Å². The van der Waals surface area contributed by atoms with Gasteiger partial charge in [0.2, 0.25) is 15.9 Å². The van der Waals surface area contributed by atoms with Crippen molar-refractivity contribution >= 4 is 15.9 Å². The quantitative estimate of drug-likeness (QED) is 0.735. The van der Waals surface area contributed by atoms with Crippen molar-refractivity contribution in [2.75, 3.05) is 45.0 Å². The summed E-state index contributed by atoms with van der Waals surface area (Å²) in [5.74, 6) is -0.635. The number of nitrogens with zero attached hydrogens (tertiary/aromatic N) is 2. The minimum atomic E-state index is -3.53. The first-order valence-electron chi connectivity index (χ1n) is 8.62. The first-order chi connectivity index (χ1) is 11.9. The zero-order valence-electron chi connectivity index (χ0n) is 14.6. The molecular formula is C17H26FN3O3S. The van der Waals surface area contributed by atoms with Gasteiger partial charge in [-0.1, -0.05) is 25.1 Å². The third-order valence-electron chi connectivity index (χ3n) is 4.43. The van der Waals surface area contributed by atoms with Crippen LogP contribution in [0.1, 0.15) is 18.9 Å². The lowest BCUT2D eigenvalue weighted by Gasteiger charge is -2.34. The van der Waals surface area contributed by atoms with Gasteiger partial charge in [-0.2, -0.15) is 0 Å². The summed E-state index contributed by atoms with van der Waals surface area (Å²) < 4.78 is 39.9. The molecule has 0 aromatic heterocycles. The van der Waals surface area contributed by atoms with Crippen LogP contribution in [0.5, 0.6) is 0 Å². The zero-order chi connectivity index (χ0) is 18.3. The highest BCUT2D eigenvalue weighted by molar-refractivity contribution is 7.89. The van der Waals surface area contributed by atoms with Crippen LogP contribution in [0.2, 0.25) is 0 Å². The van der Waals surface area contributed by atoms with Crippen LogP contribution in [0.4, 0.5) is 4.39 Å². The van der Waals surface area contributed by atoms with Gasteiger partial charge in [0.1, 0.15) is 5.82 Å². The minimum absolute atomic E-state index is 0.0347. The molecule has 1 aliphatic heterocycles. The third-order valence-corrected chi connectivity index (χ3v) is 5.82. The number of sulfonamides is 1. The summed E-state index contributed by atoms with van der Waals surface area (Å²) in [4.78, 5) is 16.2. The molecule has 1 saturated heterocycles. The molecule has 1 N–H and O–H groups in total. The van der Waals surface area contributed by atoms with Crippen molar-refractivity contribution in [3.63, 3.8) is 0 Å². The molecule has 0 spiro atoms. The van der Waals surface area contributed by atoms with Crippen LogP contribution in [0.25, 0.3) is 0 Å². The largest absolute Gasteiger partial charge is 0.340 e. The molecule has 1 aromatic carbocycles. The summed E-state index contributed by atoms with van der Waals surface area (Å²) in [6, 6.07) is 6.13. The maximum atomic E-state index is 13.5. The summed E-state index contributed by atoms with van der Waals surface area (Å²) in [7, 11) is -3.53. The SMILES string of the molecule is CCN1CCN(C(=O)CCNS(=O)(=O)CCc2ccccc2F)CC1. The van der Waals surface area contributed by atoms with Crippen LogP contribution < -0.4 is 4.72 Å². The Kier molecular flexibility index (Phi) is 7.34. The van der Waals surface area contributed by atoms with E-state index in [1.54, 1.807) is 23.1 Å². The standard InChI is InChI=1S/C17H26FN3O3S/c1-2-20-10-12-21(13-11-20)17(22)7-9-19-25(23,24)14-8-15-5-3-4-6-16(15)18/h3-6,19H,2,7-14H2,1H3. The van der Waals surface area contributed by atoms with Crippen LogP contribution in [-0.4, -0.2) is 69.1 Å². The molecule has 25 heavy (non-hydrogen) atoms. The highest BCUT2D eigenvalue weighted by atomic mass is 32.2. The Morgan fingerprint density at radius 3 is 2.52 bits per heavy atom. The van der Waals surface area contributed by atoms with Gasteiger partial charge in [0.25, 0.3) is 0 Å². The second-order valence-corrected chi connectivity index (χ2v) is 8.05. The molecule has 0 radical (unpaired) electrons. The van der Waals surface area contributed by atoms with Crippen molar-refractivity contribution in [3.8, 4) is 0 Å². The molecule has 1 amide bonds. The maximum absolute atomic E-state index is 13.5. The number of halogens is 1. The molecule has 1 heterocycles. The number of aryl methyl sites for hydroxylation is 1. The number of hydrogen-bond acceptors (Lipinski definition) is 4. The molecule has 0 saturated carbocycles. The highest BCUT2D eigenvalue weighted by Crippen LogP contribution is 2.08. The fourth-order valence-electron chi connectivity index (χ4n) is 2.80. The number of benzene rings is 1. The molecule has 2 rings (SSSR count). The fraction of sp³-hybridized carbons (Fsp3) is 0.588. The van der Waals surface area contributed by atoms with Crippen molar-refractivity contribution in [2.24, 2.45) is 0 Å². The molecule has 0 unspecified atom stereocenters. The molecule has 6 nitrogen and oxygen atoms in total. The molecule has 1 aliphatic rings. The van der Waals surface area contributed by atoms with E-state index in [1.165, 1.54) is 6.07 Å². The first kappa shape index (κ1) is 19.8. The summed E-state index contributed by atoms with van der Waals surface area (Å²) in [5.41, 5.74) is 0.373. The third kappa shape index (κ3) is 6.37. The molecule has 0 bridgehead atoms. The predicted molar refractivity (Wildman–Crippen MR) is 95.2 cm³/mol. The van der Waals surface area contributed by atoms with Crippen LogP contribution in [-0.2, 0) is 21.2 Å². The fourth-order valence-corrected chi connectivity index (χ4v) is 3.85. The Labute approximate surface area is 149 Å². The topological polar surface area (TPSA) is 69.7 Å². The second kappa shape index (κ2) is 9.26. The van der Waals surface area contributed by atoms with Crippen LogP contribution >= 0.6 is 0 Å². The summed E-state index contributed by atoms with van der Waals surface area (Å²) in [5, 5.41) is 0. The van der Waals surface area contributed by atoms with E-state index in [1.807, 2.05) is 0 Å². The number of carbonyl (C=O) groups excluding carboxylic acids is 1. The van der Waals surface area contributed by atoms with Crippen molar-refractivity contribution in [1.82, 2.24) is 14.5 Å². The summed E-state index contributed by atoms with van der Waals surface area (Å²) in [6.07, 6.45) is 0.250. The zero-order valence-corrected chi connectivity index (χ0v) is 15.4. The average Bonchev–Trinajstić information content (AvgIpc) is 2.61. The van der Waals surface area contributed by atoms with Crippen molar-refractivity contribution in [1.29, 1.82) is 0 Å². The van der Waals surface area contributed by atoms with Gasteiger partial charge in [-0.3, -0.25) is 4.79 Å². The van der Waals surface area contributed by atoms with E-state index in [-0.39, 0.29) is 31.0 Å². The number of hydrogen-bond donors (Lipinski definition) is 1. The average molecular weight is 371 g/mol. The normalized spacial score (nSPS) is 16.2. The highest BCUT2D eigenvalue weighted by Gasteiger charge is 2.20. The lowest BCUT2D eigenvalue weighted by Crippen LogP contribution is -2.49. The van der Waals surface area contributed by atoms with E-state index in [0.29, 0.717) is 18.7 Å². The Bertz CT molecular complexity index is 673. The van der Waals surface area contributed by atoms with Gasteiger partial charge in [-0.25, -0.2) is 17.5 Å². The van der Waals surface area contributed by atoms with Gasteiger partial charge >= 0.3 is 0 Å². The molecule has 0 atom stereocenters. The number of carbonyl (C=O) groups is 1. The molecule has 8 heteroatoms. The maximum Gasteiger partial charge on any atom is 0.223 e. The number of nitrogens with one attached hydrogen (secondary N) is 1. The predicted octanol–water partition coefficient (Wildman–Crippen LogP) is 0.842. The number of rotatable bonds is 8. The van der Waals surface area contributed by atoms with Gasteiger partial charge in [-0.15, -0.1) is 0 Å². The smallest absolute Gasteiger partial charge is 0.223 e. The molecular weight excluding hydrogens is 345 g/mol. The minimum Gasteiger partial charge on any atom is -0.340 e. The Morgan fingerprint density at radius 1 is 1.20 bits per heavy atom. The van der Waals surface area contributed by atoms with Crippen molar-refractivity contribution in [2.45, 2.75) is 19.8 Å². The van der Waals surface area contributed by atoms with Crippen LogP contribution in [0.15, 0.2) is 24.3 Å². The van der Waals surface area contributed by atoms with E-state index in [0.717, 1.165) is 19.6 Å². The van der Waals surface area contributed by atoms with Crippen molar-refractivity contribution in [3.05, 3.63) is 35.6 Å². The van der Waals surface area contributed by atoms with Gasteiger partial charge < -0.3 is 9.80 Å². The molecule has 1 fully saturated rings. The summed E-state index contributed by atoms with van der Waals surface area (Å²) in [6.45, 7) is 6.23. The van der Waals surface area contributed by atoms with Crippen LogP contribution in [0.3, 0.4) is 0 Å². The number of piperazine rings is 1. The Hall–Kier alpha value is -1.51. The Morgan fingerprint density at radius 2 is 1.88 bits per heavy atom. The van der Waals surface area contributed by atoms with E-state index in [9.17, 15) is 17.6 Å². The van der Waals surface area contributed by atoms with Gasteiger partial charge in [0.15, 0.2) is 0 Å². The summed E-state index contributed by atoms with van der Waals surface area (Å²) >= 11 is 0. The Balaban J connectivity index is 1.71. The van der Waals surface area contributed by atoms with E-state index in [2.05, 4.69) is 16.5 Å².